The van der Waals surface area contributed by atoms with E-state index >= 15 is 0 Å². The Labute approximate surface area is 106 Å². The molecule has 2 atom stereocenters. The summed E-state index contributed by atoms with van der Waals surface area (Å²) < 4.78 is 1.39. The average molecular weight is 247 g/mol. The van der Waals surface area contributed by atoms with Crippen molar-refractivity contribution in [2.45, 2.75) is 45.2 Å². The second-order valence-corrected chi connectivity index (χ2v) is 4.81. The Balaban J connectivity index is 1.86. The van der Waals surface area contributed by atoms with Crippen LogP contribution in [0.2, 0.25) is 0 Å². The van der Waals surface area contributed by atoms with Crippen LogP contribution in [-0.2, 0) is 11.3 Å². The predicted molar refractivity (Wildman–Crippen MR) is 64.3 cm³/mol. The molecule has 1 heterocycles. The van der Waals surface area contributed by atoms with Gasteiger partial charge in [-0.05, 0) is 18.8 Å². The van der Waals surface area contributed by atoms with Gasteiger partial charge in [-0.25, -0.2) is 9.67 Å². The summed E-state index contributed by atoms with van der Waals surface area (Å²) in [6.45, 7) is 2.30. The highest BCUT2D eigenvalue weighted by molar-refractivity contribution is 5.75. The fourth-order valence-electron chi connectivity index (χ4n) is 2.35. The number of rotatable bonds is 3. The molecule has 96 valence electrons. The summed E-state index contributed by atoms with van der Waals surface area (Å²) in [6.07, 6.45) is 6.06. The summed E-state index contributed by atoms with van der Waals surface area (Å²) in [4.78, 5) is 15.6. The molecular weight excluding hydrogens is 230 g/mol. The number of nitrogens with one attached hydrogen (secondary N) is 1. The number of carbonyl (C=O) groups excluding carboxylic acids is 1. The van der Waals surface area contributed by atoms with Gasteiger partial charge in [0.05, 0.1) is 0 Å². The zero-order valence-corrected chi connectivity index (χ0v) is 10.5. The van der Waals surface area contributed by atoms with Gasteiger partial charge in [0.2, 0.25) is 5.91 Å². The molecule has 0 unspecified atom stereocenters. The van der Waals surface area contributed by atoms with Crippen molar-refractivity contribution in [2.24, 2.45) is 5.92 Å². The Morgan fingerprint density at radius 2 is 2.39 bits per heavy atom. The quantitative estimate of drug-likeness (QED) is 0.858. The largest absolute Gasteiger partial charge is 0.351 e. The molecule has 1 aromatic heterocycles. The Bertz CT molecular complexity index is 461. The molecule has 1 N–H and O–H groups in total. The van der Waals surface area contributed by atoms with Crippen LogP contribution in [0.4, 0.5) is 0 Å². The zero-order chi connectivity index (χ0) is 13.0. The van der Waals surface area contributed by atoms with Crippen LogP contribution in [-0.4, -0.2) is 26.7 Å². The molecule has 6 heteroatoms. The first-order valence-electron chi connectivity index (χ1n) is 6.28. The maximum Gasteiger partial charge on any atom is 0.252 e. The molecule has 0 aromatic carbocycles. The van der Waals surface area contributed by atoms with Crippen molar-refractivity contribution in [2.75, 3.05) is 0 Å². The van der Waals surface area contributed by atoms with E-state index in [-0.39, 0.29) is 24.3 Å². The van der Waals surface area contributed by atoms with Crippen LogP contribution < -0.4 is 5.32 Å². The minimum Gasteiger partial charge on any atom is -0.351 e. The molecule has 1 fully saturated rings. The Morgan fingerprint density at radius 1 is 1.61 bits per heavy atom. The third-order valence-corrected chi connectivity index (χ3v) is 3.40. The van der Waals surface area contributed by atoms with Crippen LogP contribution in [0, 0.1) is 17.2 Å². The molecule has 1 saturated carbocycles. The number of hydrogen-bond donors (Lipinski definition) is 1. The number of nitriles is 1. The summed E-state index contributed by atoms with van der Waals surface area (Å²) in [6, 6.07) is 2.10. The van der Waals surface area contributed by atoms with E-state index in [9.17, 15) is 4.79 Å². The van der Waals surface area contributed by atoms with Gasteiger partial charge in [-0.15, -0.1) is 5.10 Å². The topological polar surface area (TPSA) is 83.6 Å². The van der Waals surface area contributed by atoms with Crippen LogP contribution >= 0.6 is 0 Å². The van der Waals surface area contributed by atoms with Crippen molar-refractivity contribution in [1.82, 2.24) is 20.1 Å². The fourth-order valence-corrected chi connectivity index (χ4v) is 2.35. The minimum atomic E-state index is -0.0665. The first-order valence-corrected chi connectivity index (χ1v) is 6.28. The van der Waals surface area contributed by atoms with Gasteiger partial charge >= 0.3 is 0 Å². The van der Waals surface area contributed by atoms with Gasteiger partial charge in [-0.2, -0.15) is 5.26 Å². The van der Waals surface area contributed by atoms with E-state index in [0.717, 1.165) is 6.42 Å². The molecule has 0 aliphatic heterocycles. The third-order valence-electron chi connectivity index (χ3n) is 3.40. The monoisotopic (exact) mass is 247 g/mol. The van der Waals surface area contributed by atoms with E-state index in [4.69, 9.17) is 5.26 Å². The Morgan fingerprint density at radius 3 is 3.06 bits per heavy atom. The lowest BCUT2D eigenvalue weighted by atomic mass is 9.86. The van der Waals surface area contributed by atoms with Crippen LogP contribution in [0.15, 0.2) is 6.33 Å². The number of hydrogen-bond acceptors (Lipinski definition) is 4. The smallest absolute Gasteiger partial charge is 0.252 e. The Hall–Kier alpha value is -1.90. The molecule has 0 radical (unpaired) electrons. The molecular formula is C12H17N5O. The molecule has 1 aliphatic carbocycles. The van der Waals surface area contributed by atoms with Gasteiger partial charge in [0, 0.05) is 6.04 Å². The maximum absolute atomic E-state index is 11.8. The van der Waals surface area contributed by atoms with Crippen LogP contribution in [0.1, 0.15) is 38.4 Å². The third kappa shape index (κ3) is 3.06. The standard InChI is InChI=1S/C12H17N5O/c1-9-4-2-3-5-10(9)15-12(18)7-17-8-14-11(6-13)16-17/h8-10H,2-5,7H2,1H3,(H,15,18)/t9-,10-/m0/s1. The second-order valence-electron chi connectivity index (χ2n) is 4.81. The van der Waals surface area contributed by atoms with E-state index in [1.165, 1.54) is 30.3 Å². The van der Waals surface area contributed by atoms with E-state index in [1.54, 1.807) is 0 Å². The summed E-state index contributed by atoms with van der Waals surface area (Å²) in [5.74, 6) is 0.560. The minimum absolute atomic E-state index is 0.0665. The van der Waals surface area contributed by atoms with Crippen molar-refractivity contribution >= 4 is 5.91 Å². The van der Waals surface area contributed by atoms with Gasteiger partial charge in [0.15, 0.2) is 0 Å². The number of nitrogens with zero attached hydrogens (tertiary/aromatic N) is 4. The summed E-state index contributed by atoms with van der Waals surface area (Å²) in [7, 11) is 0. The van der Waals surface area contributed by atoms with Crippen molar-refractivity contribution in [3.05, 3.63) is 12.2 Å². The van der Waals surface area contributed by atoms with Gasteiger partial charge in [-0.3, -0.25) is 4.79 Å². The van der Waals surface area contributed by atoms with E-state index in [2.05, 4.69) is 22.3 Å². The summed E-state index contributed by atoms with van der Waals surface area (Å²) in [5.41, 5.74) is 0. The lowest BCUT2D eigenvalue weighted by molar-refractivity contribution is -0.123. The maximum atomic E-state index is 11.8. The number of aromatic nitrogens is 3. The SMILES string of the molecule is C[C@H]1CCCC[C@@H]1NC(=O)Cn1cnc(C#N)n1. The fraction of sp³-hybridized carbons (Fsp3) is 0.667. The van der Waals surface area contributed by atoms with Crippen LogP contribution in [0.5, 0.6) is 0 Å². The van der Waals surface area contributed by atoms with Gasteiger partial charge in [0.25, 0.3) is 5.82 Å². The van der Waals surface area contributed by atoms with Crippen molar-refractivity contribution < 1.29 is 4.79 Å². The average Bonchev–Trinajstić information content (AvgIpc) is 2.80. The predicted octanol–water partition coefficient (Wildman–Crippen LogP) is 0.845. The molecule has 0 bridgehead atoms. The summed E-state index contributed by atoms with van der Waals surface area (Å²) in [5, 5.41) is 15.5. The highest BCUT2D eigenvalue weighted by Gasteiger charge is 2.22. The van der Waals surface area contributed by atoms with Gasteiger partial charge in [0.1, 0.15) is 18.9 Å². The molecule has 1 aromatic rings. The number of carbonyl (C=O) groups is 1. The molecule has 6 nitrogen and oxygen atoms in total. The van der Waals surface area contributed by atoms with E-state index in [0.29, 0.717) is 5.92 Å². The van der Waals surface area contributed by atoms with E-state index < -0.39 is 0 Å². The molecule has 1 aliphatic rings. The van der Waals surface area contributed by atoms with Crippen molar-refractivity contribution in [3.8, 4) is 6.07 Å². The van der Waals surface area contributed by atoms with Crippen LogP contribution in [0.25, 0.3) is 0 Å². The highest BCUT2D eigenvalue weighted by Crippen LogP contribution is 2.23. The number of amides is 1. The van der Waals surface area contributed by atoms with Crippen molar-refractivity contribution in [1.29, 1.82) is 5.26 Å². The first-order chi connectivity index (χ1) is 8.69. The molecule has 2 rings (SSSR count). The molecule has 0 spiro atoms. The van der Waals surface area contributed by atoms with Crippen LogP contribution in [0.3, 0.4) is 0 Å². The molecule has 18 heavy (non-hydrogen) atoms. The lowest BCUT2D eigenvalue weighted by Crippen LogP contribution is -2.42. The molecule has 0 saturated heterocycles. The summed E-state index contributed by atoms with van der Waals surface area (Å²) >= 11 is 0. The lowest BCUT2D eigenvalue weighted by Gasteiger charge is -2.29. The van der Waals surface area contributed by atoms with Crippen molar-refractivity contribution in [3.63, 3.8) is 0 Å². The first kappa shape index (κ1) is 12.6. The Kier molecular flexibility index (Phi) is 3.92. The highest BCUT2D eigenvalue weighted by atomic mass is 16.2. The van der Waals surface area contributed by atoms with E-state index in [1.807, 2.05) is 6.07 Å². The second kappa shape index (κ2) is 5.63. The van der Waals surface area contributed by atoms with Gasteiger partial charge < -0.3 is 5.32 Å². The van der Waals surface area contributed by atoms with Gasteiger partial charge in [-0.1, -0.05) is 19.8 Å². The normalized spacial score (nSPS) is 23.3. The zero-order valence-electron chi connectivity index (χ0n) is 10.5. The molecule has 1 amide bonds.